The number of nitrogens with one attached hydrogen (secondary N) is 1. The van der Waals surface area contributed by atoms with Crippen molar-refractivity contribution < 1.29 is 18.0 Å². The number of para-hydroxylation sites is 2. The molecule has 0 saturated heterocycles. The molecule has 150 valence electrons. The third kappa shape index (κ3) is 4.34. The lowest BCUT2D eigenvalue weighted by molar-refractivity contribution is -0.137. The number of amides is 1. The van der Waals surface area contributed by atoms with Gasteiger partial charge in [-0.3, -0.25) is 4.79 Å². The second kappa shape index (κ2) is 8.54. The van der Waals surface area contributed by atoms with Crippen LogP contribution in [0.4, 0.5) is 18.9 Å². The maximum Gasteiger partial charge on any atom is 0.418 e. The van der Waals surface area contributed by atoms with Crippen LogP contribution in [0.5, 0.6) is 0 Å². The fourth-order valence-electron chi connectivity index (χ4n) is 3.08. The van der Waals surface area contributed by atoms with Crippen molar-refractivity contribution in [2.45, 2.75) is 19.1 Å². The van der Waals surface area contributed by atoms with E-state index >= 15 is 0 Å². The van der Waals surface area contributed by atoms with Crippen LogP contribution in [-0.4, -0.2) is 10.5 Å². The number of carbonyl (C=O) groups excluding carboxylic acids is 1. The summed E-state index contributed by atoms with van der Waals surface area (Å²) < 4.78 is 41.3. The van der Waals surface area contributed by atoms with Gasteiger partial charge in [0.1, 0.15) is 11.6 Å². The Labute approximate surface area is 170 Å². The van der Waals surface area contributed by atoms with Crippen molar-refractivity contribution >= 4 is 28.6 Å². The lowest BCUT2D eigenvalue weighted by Gasteiger charge is -2.13. The van der Waals surface area contributed by atoms with Gasteiger partial charge in [0.2, 0.25) is 0 Å². The van der Waals surface area contributed by atoms with E-state index in [1.165, 1.54) is 18.2 Å². The Kier molecular flexibility index (Phi) is 5.89. The molecule has 0 radical (unpaired) electrons. The lowest BCUT2D eigenvalue weighted by Crippen LogP contribution is -2.17. The predicted octanol–water partition coefficient (Wildman–Crippen LogP) is 5.12. The van der Waals surface area contributed by atoms with E-state index < -0.39 is 23.3 Å². The summed E-state index contributed by atoms with van der Waals surface area (Å²) in [6.07, 6.45) is -1.33. The second-order valence-electron chi connectivity index (χ2n) is 6.37. The summed E-state index contributed by atoms with van der Waals surface area (Å²) in [7, 11) is 0. The fourth-order valence-corrected chi connectivity index (χ4v) is 3.08. The maximum atomic E-state index is 13.2. The van der Waals surface area contributed by atoms with Crippen molar-refractivity contribution in [1.82, 2.24) is 4.57 Å². The summed E-state index contributed by atoms with van der Waals surface area (Å²) in [5, 5.41) is 21.2. The number of hydrogen-bond donors (Lipinski definition) is 1. The molecule has 0 atom stereocenters. The largest absolute Gasteiger partial charge is 0.418 e. The highest BCUT2D eigenvalue weighted by atomic mass is 19.4. The quantitative estimate of drug-likeness (QED) is 0.470. The number of alkyl halides is 3. The first-order valence-electron chi connectivity index (χ1n) is 8.89. The number of carbonyl (C=O) groups is 1. The number of fused-ring (bicyclic) bond motifs is 1. The average Bonchev–Trinajstić information content (AvgIpc) is 3.07. The SMILES string of the molecule is N#CCCn1cc(C=C(C#N)C(=O)Nc2ccccc2C(F)(F)F)c2ccccc21. The van der Waals surface area contributed by atoms with E-state index in [0.717, 1.165) is 23.0 Å². The highest BCUT2D eigenvalue weighted by Crippen LogP contribution is 2.34. The first kappa shape index (κ1) is 20.7. The molecule has 2 aromatic carbocycles. The first-order chi connectivity index (χ1) is 14.3. The molecule has 0 fully saturated rings. The van der Waals surface area contributed by atoms with Gasteiger partial charge in [-0.25, -0.2) is 0 Å². The summed E-state index contributed by atoms with van der Waals surface area (Å²) in [5.41, 5.74) is -0.384. The van der Waals surface area contributed by atoms with Crippen molar-refractivity contribution in [3.05, 3.63) is 71.4 Å². The van der Waals surface area contributed by atoms with Gasteiger partial charge in [0.15, 0.2) is 0 Å². The zero-order valence-corrected chi connectivity index (χ0v) is 15.6. The number of hydrogen-bond acceptors (Lipinski definition) is 3. The Morgan fingerprint density at radius 3 is 2.50 bits per heavy atom. The Hall–Kier alpha value is -4.04. The van der Waals surface area contributed by atoms with Crippen molar-refractivity contribution in [3.63, 3.8) is 0 Å². The number of anilines is 1. The summed E-state index contributed by atoms with van der Waals surface area (Å²) in [6, 6.07) is 15.6. The van der Waals surface area contributed by atoms with Gasteiger partial charge in [0.25, 0.3) is 5.91 Å². The van der Waals surface area contributed by atoms with Crippen molar-refractivity contribution in [2.75, 3.05) is 5.32 Å². The average molecular weight is 408 g/mol. The smallest absolute Gasteiger partial charge is 0.346 e. The molecule has 0 aliphatic carbocycles. The minimum absolute atomic E-state index is 0.279. The monoisotopic (exact) mass is 408 g/mol. The molecule has 0 aliphatic rings. The number of benzene rings is 2. The van der Waals surface area contributed by atoms with Crippen LogP contribution in [0, 0.1) is 22.7 Å². The molecule has 0 spiro atoms. The number of halogens is 3. The number of rotatable bonds is 5. The molecule has 1 heterocycles. The van der Waals surface area contributed by atoms with E-state index in [-0.39, 0.29) is 12.0 Å². The van der Waals surface area contributed by atoms with Crippen LogP contribution in [0.2, 0.25) is 0 Å². The maximum absolute atomic E-state index is 13.2. The molecule has 3 rings (SSSR count). The zero-order valence-electron chi connectivity index (χ0n) is 15.6. The van der Waals surface area contributed by atoms with E-state index in [0.29, 0.717) is 12.1 Å². The Bertz CT molecular complexity index is 1210. The number of nitriles is 2. The van der Waals surface area contributed by atoms with Gasteiger partial charge in [-0.2, -0.15) is 23.7 Å². The molecule has 5 nitrogen and oxygen atoms in total. The van der Waals surface area contributed by atoms with Crippen molar-refractivity contribution in [2.24, 2.45) is 0 Å². The molecule has 1 aromatic heterocycles. The van der Waals surface area contributed by atoms with Gasteiger partial charge < -0.3 is 9.88 Å². The number of aryl methyl sites for hydroxylation is 1. The Morgan fingerprint density at radius 1 is 1.10 bits per heavy atom. The molecule has 0 bridgehead atoms. The van der Waals surface area contributed by atoms with Crippen LogP contribution in [0.3, 0.4) is 0 Å². The minimum atomic E-state index is -4.64. The Balaban J connectivity index is 1.97. The van der Waals surface area contributed by atoms with Gasteiger partial charge in [-0.1, -0.05) is 30.3 Å². The minimum Gasteiger partial charge on any atom is -0.346 e. The standard InChI is InChI=1S/C22H15F3N4O/c23-22(24,25)18-7-2-3-8-19(18)28-21(30)15(13-27)12-16-14-29(11-5-10-26)20-9-4-1-6-17(16)20/h1-4,6-9,12,14H,5,11H2,(H,28,30). The van der Waals surface area contributed by atoms with Crippen LogP contribution in [-0.2, 0) is 17.5 Å². The highest BCUT2D eigenvalue weighted by Gasteiger charge is 2.33. The molecule has 8 heteroatoms. The zero-order chi connectivity index (χ0) is 21.7. The van der Waals surface area contributed by atoms with Crippen molar-refractivity contribution in [1.29, 1.82) is 10.5 Å². The summed E-state index contributed by atoms with van der Waals surface area (Å²) in [4.78, 5) is 12.5. The molecule has 0 aliphatic heterocycles. The van der Waals surface area contributed by atoms with Crippen molar-refractivity contribution in [3.8, 4) is 12.1 Å². The van der Waals surface area contributed by atoms with E-state index in [1.54, 1.807) is 24.4 Å². The fraction of sp³-hybridized carbons (Fsp3) is 0.136. The molecule has 1 amide bonds. The third-order valence-corrected chi connectivity index (χ3v) is 4.43. The Morgan fingerprint density at radius 2 is 1.80 bits per heavy atom. The van der Waals surface area contributed by atoms with Gasteiger partial charge in [-0.15, -0.1) is 0 Å². The number of aromatic nitrogens is 1. The summed E-state index contributed by atoms with van der Waals surface area (Å²) in [5.74, 6) is -0.942. The topological polar surface area (TPSA) is 81.6 Å². The van der Waals surface area contributed by atoms with Gasteiger partial charge in [0.05, 0.1) is 23.7 Å². The van der Waals surface area contributed by atoms with Crippen LogP contribution in [0.15, 0.2) is 60.3 Å². The van der Waals surface area contributed by atoms with E-state index in [1.807, 2.05) is 16.7 Å². The van der Waals surface area contributed by atoms with E-state index in [4.69, 9.17) is 5.26 Å². The highest BCUT2D eigenvalue weighted by molar-refractivity contribution is 6.11. The first-order valence-corrected chi connectivity index (χ1v) is 8.89. The summed E-state index contributed by atoms with van der Waals surface area (Å²) in [6.45, 7) is 0.428. The van der Waals surface area contributed by atoms with Crippen LogP contribution in [0.1, 0.15) is 17.5 Å². The van der Waals surface area contributed by atoms with Crippen LogP contribution in [0.25, 0.3) is 17.0 Å². The number of nitrogens with zero attached hydrogens (tertiary/aromatic N) is 3. The third-order valence-electron chi connectivity index (χ3n) is 4.43. The van der Waals surface area contributed by atoms with E-state index in [9.17, 15) is 23.2 Å². The molecule has 1 N–H and O–H groups in total. The normalized spacial score (nSPS) is 11.7. The molecule has 0 unspecified atom stereocenters. The van der Waals surface area contributed by atoms with Gasteiger partial charge in [-0.05, 0) is 24.3 Å². The lowest BCUT2D eigenvalue weighted by atomic mass is 10.1. The van der Waals surface area contributed by atoms with Crippen LogP contribution >= 0.6 is 0 Å². The predicted molar refractivity (Wildman–Crippen MR) is 106 cm³/mol. The molecular weight excluding hydrogens is 393 g/mol. The summed E-state index contributed by atoms with van der Waals surface area (Å²) >= 11 is 0. The second-order valence-corrected chi connectivity index (χ2v) is 6.37. The molecular formula is C22H15F3N4O. The van der Waals surface area contributed by atoms with Crippen LogP contribution < -0.4 is 5.32 Å². The molecule has 0 saturated carbocycles. The molecule has 30 heavy (non-hydrogen) atoms. The van der Waals surface area contributed by atoms with Gasteiger partial charge in [0, 0.05) is 29.2 Å². The van der Waals surface area contributed by atoms with Gasteiger partial charge >= 0.3 is 6.18 Å². The molecule has 3 aromatic rings. The van der Waals surface area contributed by atoms with E-state index in [2.05, 4.69) is 11.4 Å².